The molecular formula is C15H17N3OS. The Morgan fingerprint density at radius 3 is 3.00 bits per heavy atom. The minimum Gasteiger partial charge on any atom is -0.497 e. The van der Waals surface area contributed by atoms with Gasteiger partial charge >= 0.3 is 0 Å². The molecular weight excluding hydrogens is 270 g/mol. The minimum atomic E-state index is 0.651. The van der Waals surface area contributed by atoms with Gasteiger partial charge in [0.2, 0.25) is 0 Å². The second-order valence-corrected chi connectivity index (χ2v) is 5.50. The standard InChI is InChI=1S/C15H17N3OS/c1-10-14(11-4-3-5-13(8-11)19-2)17-15-18(10)12(6-7-16)9-20-15/h3-5,8-9H,6-7,16H2,1-2H3. The fourth-order valence-corrected chi connectivity index (χ4v) is 3.40. The Balaban J connectivity index is 2.14. The van der Waals surface area contributed by atoms with E-state index in [4.69, 9.17) is 15.5 Å². The number of nitrogens with zero attached hydrogens (tertiary/aromatic N) is 2. The van der Waals surface area contributed by atoms with Gasteiger partial charge in [-0.05, 0) is 25.6 Å². The molecule has 0 unspecified atom stereocenters. The van der Waals surface area contributed by atoms with E-state index < -0.39 is 0 Å². The zero-order valence-electron chi connectivity index (χ0n) is 11.6. The molecule has 5 heteroatoms. The summed E-state index contributed by atoms with van der Waals surface area (Å²) in [7, 11) is 1.68. The summed E-state index contributed by atoms with van der Waals surface area (Å²) in [6, 6.07) is 8.01. The van der Waals surface area contributed by atoms with E-state index in [1.54, 1.807) is 18.4 Å². The molecule has 0 spiro atoms. The maximum absolute atomic E-state index is 5.67. The summed E-state index contributed by atoms with van der Waals surface area (Å²) in [6.45, 7) is 2.75. The topological polar surface area (TPSA) is 52.5 Å². The Labute approximate surface area is 121 Å². The number of aryl methyl sites for hydroxylation is 1. The molecule has 2 heterocycles. The van der Waals surface area contributed by atoms with Crippen LogP contribution in [0.1, 0.15) is 11.4 Å². The molecule has 0 saturated heterocycles. The second-order valence-electron chi connectivity index (χ2n) is 4.66. The van der Waals surface area contributed by atoms with Crippen molar-refractivity contribution in [2.45, 2.75) is 13.3 Å². The maximum atomic E-state index is 5.67. The molecule has 4 nitrogen and oxygen atoms in total. The van der Waals surface area contributed by atoms with Crippen molar-refractivity contribution in [3.63, 3.8) is 0 Å². The van der Waals surface area contributed by atoms with Crippen molar-refractivity contribution in [3.05, 3.63) is 41.0 Å². The molecule has 20 heavy (non-hydrogen) atoms. The first-order valence-corrected chi connectivity index (χ1v) is 7.42. The molecule has 0 atom stereocenters. The van der Waals surface area contributed by atoms with Gasteiger partial charge in [0.05, 0.1) is 12.8 Å². The van der Waals surface area contributed by atoms with E-state index in [1.807, 2.05) is 18.2 Å². The van der Waals surface area contributed by atoms with Crippen LogP contribution in [-0.2, 0) is 6.42 Å². The lowest BCUT2D eigenvalue weighted by atomic mass is 10.1. The summed E-state index contributed by atoms with van der Waals surface area (Å²) >= 11 is 1.66. The van der Waals surface area contributed by atoms with Crippen molar-refractivity contribution >= 4 is 16.3 Å². The summed E-state index contributed by atoms with van der Waals surface area (Å²) in [6.07, 6.45) is 0.870. The zero-order chi connectivity index (χ0) is 14.1. The third-order valence-electron chi connectivity index (χ3n) is 3.41. The highest BCUT2D eigenvalue weighted by Gasteiger charge is 2.14. The van der Waals surface area contributed by atoms with Crippen molar-refractivity contribution in [3.8, 4) is 17.0 Å². The molecule has 0 bridgehead atoms. The van der Waals surface area contributed by atoms with E-state index in [0.717, 1.165) is 34.1 Å². The van der Waals surface area contributed by atoms with Gasteiger partial charge in [0.15, 0.2) is 4.96 Å². The smallest absolute Gasteiger partial charge is 0.194 e. The van der Waals surface area contributed by atoms with Crippen molar-refractivity contribution < 1.29 is 4.74 Å². The number of imidazole rings is 1. The largest absolute Gasteiger partial charge is 0.497 e. The highest BCUT2D eigenvalue weighted by Crippen LogP contribution is 2.29. The average molecular weight is 287 g/mol. The number of hydrogen-bond donors (Lipinski definition) is 1. The Kier molecular flexibility index (Phi) is 3.46. The van der Waals surface area contributed by atoms with E-state index in [9.17, 15) is 0 Å². The highest BCUT2D eigenvalue weighted by molar-refractivity contribution is 7.15. The molecule has 0 saturated carbocycles. The number of aromatic nitrogens is 2. The molecule has 104 valence electrons. The zero-order valence-corrected chi connectivity index (χ0v) is 12.4. The third-order valence-corrected chi connectivity index (χ3v) is 4.28. The van der Waals surface area contributed by atoms with Gasteiger partial charge in [-0.1, -0.05) is 12.1 Å². The van der Waals surface area contributed by atoms with Gasteiger partial charge in [0.1, 0.15) is 5.75 Å². The number of thiazole rings is 1. The van der Waals surface area contributed by atoms with Gasteiger partial charge in [-0.3, -0.25) is 4.40 Å². The Morgan fingerprint density at radius 1 is 1.40 bits per heavy atom. The van der Waals surface area contributed by atoms with Crippen molar-refractivity contribution in [2.24, 2.45) is 5.73 Å². The normalized spacial score (nSPS) is 11.2. The van der Waals surface area contributed by atoms with Crippen LogP contribution in [0, 0.1) is 6.92 Å². The van der Waals surface area contributed by atoms with Crippen LogP contribution in [0.5, 0.6) is 5.75 Å². The summed E-state index contributed by atoms with van der Waals surface area (Å²) < 4.78 is 7.49. The molecule has 3 rings (SSSR count). The highest BCUT2D eigenvalue weighted by atomic mass is 32.1. The molecule has 0 aliphatic rings. The molecule has 1 aromatic carbocycles. The Morgan fingerprint density at radius 2 is 2.25 bits per heavy atom. The molecule has 0 aliphatic carbocycles. The van der Waals surface area contributed by atoms with Crippen LogP contribution in [0.15, 0.2) is 29.6 Å². The van der Waals surface area contributed by atoms with Gasteiger partial charge in [-0.15, -0.1) is 11.3 Å². The monoisotopic (exact) mass is 287 g/mol. The number of methoxy groups -OCH3 is 1. The number of rotatable bonds is 4. The molecule has 0 radical (unpaired) electrons. The first-order valence-electron chi connectivity index (χ1n) is 6.54. The Hall–Kier alpha value is -1.85. The summed E-state index contributed by atoms with van der Waals surface area (Å²) in [5, 5.41) is 2.14. The van der Waals surface area contributed by atoms with E-state index in [1.165, 1.54) is 5.69 Å². The lowest BCUT2D eigenvalue weighted by molar-refractivity contribution is 0.415. The van der Waals surface area contributed by atoms with Crippen LogP contribution in [0.4, 0.5) is 0 Å². The van der Waals surface area contributed by atoms with Gasteiger partial charge in [0, 0.05) is 28.8 Å². The van der Waals surface area contributed by atoms with Crippen LogP contribution < -0.4 is 10.5 Å². The van der Waals surface area contributed by atoms with Gasteiger partial charge in [0.25, 0.3) is 0 Å². The minimum absolute atomic E-state index is 0.651. The van der Waals surface area contributed by atoms with Crippen LogP contribution in [0.3, 0.4) is 0 Å². The SMILES string of the molecule is COc1cccc(-c2nc3scc(CCN)n3c2C)c1. The van der Waals surface area contributed by atoms with Gasteiger partial charge < -0.3 is 10.5 Å². The predicted molar refractivity (Wildman–Crippen MR) is 82.6 cm³/mol. The Bertz CT molecular complexity index is 745. The quantitative estimate of drug-likeness (QED) is 0.802. The van der Waals surface area contributed by atoms with Gasteiger partial charge in [-0.2, -0.15) is 0 Å². The molecule has 0 fully saturated rings. The number of hydrogen-bond acceptors (Lipinski definition) is 4. The molecule has 3 aromatic rings. The van der Waals surface area contributed by atoms with Crippen LogP contribution in [0.2, 0.25) is 0 Å². The van der Waals surface area contributed by atoms with Crippen molar-refractivity contribution in [1.82, 2.24) is 9.38 Å². The van der Waals surface area contributed by atoms with Crippen LogP contribution >= 0.6 is 11.3 Å². The maximum Gasteiger partial charge on any atom is 0.194 e. The van der Waals surface area contributed by atoms with E-state index >= 15 is 0 Å². The van der Waals surface area contributed by atoms with E-state index in [0.29, 0.717) is 6.54 Å². The summed E-state index contributed by atoms with van der Waals surface area (Å²) in [4.78, 5) is 5.76. The fraction of sp³-hybridized carbons (Fsp3) is 0.267. The average Bonchev–Trinajstić information content (AvgIpc) is 3.01. The van der Waals surface area contributed by atoms with Crippen molar-refractivity contribution in [1.29, 1.82) is 0 Å². The van der Waals surface area contributed by atoms with E-state index in [2.05, 4.69) is 22.8 Å². The molecule has 2 N–H and O–H groups in total. The lowest BCUT2D eigenvalue weighted by Crippen LogP contribution is -2.05. The second kappa shape index (κ2) is 5.26. The molecule has 0 amide bonds. The first kappa shape index (κ1) is 13.1. The third kappa shape index (κ3) is 2.09. The predicted octanol–water partition coefficient (Wildman–Crippen LogP) is 2.88. The number of benzene rings is 1. The first-order chi connectivity index (χ1) is 9.74. The van der Waals surface area contributed by atoms with E-state index in [-0.39, 0.29) is 0 Å². The summed E-state index contributed by atoms with van der Waals surface area (Å²) in [5.74, 6) is 0.848. The van der Waals surface area contributed by atoms with Crippen molar-refractivity contribution in [2.75, 3.05) is 13.7 Å². The fourth-order valence-electron chi connectivity index (χ4n) is 2.43. The summed E-state index contributed by atoms with van der Waals surface area (Å²) in [5.41, 5.74) is 10.1. The number of nitrogens with two attached hydrogens (primary N) is 1. The molecule has 0 aliphatic heterocycles. The van der Waals surface area contributed by atoms with Crippen LogP contribution in [-0.4, -0.2) is 23.0 Å². The van der Waals surface area contributed by atoms with Gasteiger partial charge in [-0.25, -0.2) is 4.98 Å². The number of ether oxygens (including phenoxy) is 1. The van der Waals surface area contributed by atoms with Crippen LogP contribution in [0.25, 0.3) is 16.2 Å². The lowest BCUT2D eigenvalue weighted by Gasteiger charge is -2.04. The number of fused-ring (bicyclic) bond motifs is 1. The molecule has 2 aromatic heterocycles.